The largest absolute Gasteiger partial charge is 0.341 e. The molecule has 0 aromatic carbocycles. The van der Waals surface area contributed by atoms with Crippen molar-refractivity contribution >= 4 is 11.8 Å². The van der Waals surface area contributed by atoms with E-state index in [0.29, 0.717) is 6.54 Å². The lowest BCUT2D eigenvalue weighted by atomic mass is 10.0. The second-order valence-corrected chi connectivity index (χ2v) is 4.66. The predicted octanol–water partition coefficient (Wildman–Crippen LogP) is -0.443. The Hall–Kier alpha value is -1.10. The van der Waals surface area contributed by atoms with Gasteiger partial charge in [0.1, 0.15) is 12.1 Å². The Morgan fingerprint density at radius 2 is 2.00 bits per heavy atom. The summed E-state index contributed by atoms with van der Waals surface area (Å²) in [6, 6.07) is -0.734. The molecular weight excluding hydrogens is 206 g/mol. The van der Waals surface area contributed by atoms with Crippen molar-refractivity contribution in [3.05, 3.63) is 0 Å². The van der Waals surface area contributed by atoms with Crippen LogP contribution in [0, 0.1) is 0 Å². The zero-order valence-electron chi connectivity index (χ0n) is 9.69. The molecule has 16 heavy (non-hydrogen) atoms. The number of hydrogen-bond acceptors (Lipinski definition) is 3. The lowest BCUT2D eigenvalue weighted by Gasteiger charge is -2.42. The van der Waals surface area contributed by atoms with Crippen LogP contribution in [0.2, 0.25) is 0 Å². The Morgan fingerprint density at radius 1 is 1.38 bits per heavy atom. The van der Waals surface area contributed by atoms with E-state index in [0.717, 1.165) is 25.9 Å². The molecule has 0 bridgehead atoms. The molecule has 5 nitrogen and oxygen atoms in total. The van der Waals surface area contributed by atoms with Crippen LogP contribution in [-0.2, 0) is 9.59 Å². The van der Waals surface area contributed by atoms with Gasteiger partial charge in [0.05, 0.1) is 0 Å². The molecule has 2 fully saturated rings. The Kier molecular flexibility index (Phi) is 3.14. The smallest absolute Gasteiger partial charge is 0.245 e. The van der Waals surface area contributed by atoms with E-state index >= 15 is 0 Å². The predicted molar refractivity (Wildman–Crippen MR) is 59.6 cm³/mol. The molecule has 5 heteroatoms. The zero-order valence-corrected chi connectivity index (χ0v) is 9.69. The van der Waals surface area contributed by atoms with Crippen molar-refractivity contribution in [3.8, 4) is 0 Å². The number of carbonyl (C=O) groups excluding carboxylic acids is 2. The molecule has 2 unspecified atom stereocenters. The number of rotatable bonds is 2. The van der Waals surface area contributed by atoms with Crippen molar-refractivity contribution in [1.29, 1.82) is 0 Å². The Morgan fingerprint density at radius 3 is 2.50 bits per heavy atom. The van der Waals surface area contributed by atoms with Crippen LogP contribution < -0.4 is 5.73 Å². The fourth-order valence-corrected chi connectivity index (χ4v) is 2.34. The number of piperidine rings is 1. The standard InChI is InChI=1S/C11H19N3O2/c1-8(14-7-9(12)11(14)16)10(15)13-5-3-2-4-6-13/h8-9H,2-7,12H2,1H3. The van der Waals surface area contributed by atoms with E-state index in [2.05, 4.69) is 0 Å². The van der Waals surface area contributed by atoms with Gasteiger partial charge in [-0.05, 0) is 26.2 Å². The molecule has 2 amide bonds. The van der Waals surface area contributed by atoms with Crippen LogP contribution >= 0.6 is 0 Å². The van der Waals surface area contributed by atoms with E-state index < -0.39 is 6.04 Å². The highest BCUT2D eigenvalue weighted by Gasteiger charge is 2.40. The first kappa shape index (κ1) is 11.4. The lowest BCUT2D eigenvalue weighted by molar-refractivity contribution is -0.154. The highest BCUT2D eigenvalue weighted by Crippen LogP contribution is 2.17. The van der Waals surface area contributed by atoms with Crippen molar-refractivity contribution in [2.24, 2.45) is 5.73 Å². The average molecular weight is 225 g/mol. The Balaban J connectivity index is 1.91. The van der Waals surface area contributed by atoms with Gasteiger partial charge in [-0.25, -0.2) is 0 Å². The molecule has 2 rings (SSSR count). The molecular formula is C11H19N3O2. The summed E-state index contributed by atoms with van der Waals surface area (Å²) in [6.45, 7) is 3.97. The molecule has 2 atom stereocenters. The molecule has 2 heterocycles. The number of β-lactam (4-membered cyclic amide) rings is 1. The maximum Gasteiger partial charge on any atom is 0.245 e. The van der Waals surface area contributed by atoms with E-state index in [1.807, 2.05) is 4.90 Å². The van der Waals surface area contributed by atoms with Gasteiger partial charge in [0.2, 0.25) is 11.8 Å². The SMILES string of the molecule is CC(C(=O)N1CCCCC1)N1CC(N)C1=O. The van der Waals surface area contributed by atoms with E-state index in [4.69, 9.17) is 5.73 Å². The van der Waals surface area contributed by atoms with Crippen molar-refractivity contribution in [2.75, 3.05) is 19.6 Å². The highest BCUT2D eigenvalue weighted by atomic mass is 16.2. The van der Waals surface area contributed by atoms with Crippen molar-refractivity contribution in [1.82, 2.24) is 9.80 Å². The van der Waals surface area contributed by atoms with Gasteiger partial charge < -0.3 is 15.5 Å². The van der Waals surface area contributed by atoms with Crippen molar-refractivity contribution < 1.29 is 9.59 Å². The maximum absolute atomic E-state index is 12.1. The number of nitrogens with zero attached hydrogens (tertiary/aromatic N) is 2. The van der Waals surface area contributed by atoms with Crippen molar-refractivity contribution in [2.45, 2.75) is 38.3 Å². The van der Waals surface area contributed by atoms with Crippen LogP contribution in [0.5, 0.6) is 0 Å². The molecule has 0 saturated carbocycles. The van der Waals surface area contributed by atoms with Gasteiger partial charge in [-0.1, -0.05) is 0 Å². The Labute approximate surface area is 95.6 Å². The molecule has 2 aliphatic rings. The van der Waals surface area contributed by atoms with Crippen LogP contribution in [0.3, 0.4) is 0 Å². The normalized spacial score (nSPS) is 27.6. The van der Waals surface area contributed by atoms with E-state index in [-0.39, 0.29) is 17.9 Å². The fraction of sp³-hybridized carbons (Fsp3) is 0.818. The van der Waals surface area contributed by atoms with E-state index in [1.165, 1.54) is 6.42 Å². The minimum Gasteiger partial charge on any atom is -0.341 e. The average Bonchev–Trinajstić information content (AvgIpc) is 2.34. The van der Waals surface area contributed by atoms with Gasteiger partial charge in [-0.2, -0.15) is 0 Å². The molecule has 0 aromatic rings. The number of amides is 2. The Bertz CT molecular complexity index is 300. The number of hydrogen-bond donors (Lipinski definition) is 1. The summed E-state index contributed by atoms with van der Waals surface area (Å²) in [5, 5.41) is 0. The highest BCUT2D eigenvalue weighted by molar-refractivity contribution is 5.93. The first-order valence-electron chi connectivity index (χ1n) is 5.96. The van der Waals surface area contributed by atoms with Crippen LogP contribution in [0.4, 0.5) is 0 Å². The lowest BCUT2D eigenvalue weighted by Crippen LogP contribution is -2.66. The summed E-state index contributed by atoms with van der Waals surface area (Å²) in [7, 11) is 0. The first-order chi connectivity index (χ1) is 7.61. The number of carbonyl (C=O) groups is 2. The van der Waals surface area contributed by atoms with Crippen LogP contribution in [0.1, 0.15) is 26.2 Å². The van der Waals surface area contributed by atoms with Crippen molar-refractivity contribution in [3.63, 3.8) is 0 Å². The van der Waals surface area contributed by atoms with E-state index in [9.17, 15) is 9.59 Å². The second kappa shape index (κ2) is 4.41. The number of likely N-dealkylation sites (tertiary alicyclic amines) is 2. The van der Waals surface area contributed by atoms with Crippen LogP contribution in [0.15, 0.2) is 0 Å². The van der Waals surface area contributed by atoms with Gasteiger partial charge in [-0.15, -0.1) is 0 Å². The summed E-state index contributed by atoms with van der Waals surface area (Å²) < 4.78 is 0. The molecule has 0 radical (unpaired) electrons. The first-order valence-corrected chi connectivity index (χ1v) is 5.96. The summed E-state index contributed by atoms with van der Waals surface area (Å²) in [6.07, 6.45) is 3.35. The molecule has 90 valence electrons. The number of nitrogens with two attached hydrogens (primary N) is 1. The summed E-state index contributed by atoms with van der Waals surface area (Å²) in [5.74, 6) is -0.0298. The molecule has 0 aliphatic carbocycles. The van der Waals surface area contributed by atoms with Gasteiger partial charge >= 0.3 is 0 Å². The molecule has 0 spiro atoms. The molecule has 0 aromatic heterocycles. The second-order valence-electron chi connectivity index (χ2n) is 4.66. The third kappa shape index (κ3) is 1.91. The van der Waals surface area contributed by atoms with Gasteiger partial charge in [-0.3, -0.25) is 9.59 Å². The van der Waals surface area contributed by atoms with Crippen LogP contribution in [0.25, 0.3) is 0 Å². The van der Waals surface area contributed by atoms with Gasteiger partial charge in [0, 0.05) is 19.6 Å². The zero-order chi connectivity index (χ0) is 11.7. The quantitative estimate of drug-likeness (QED) is 0.648. The van der Waals surface area contributed by atoms with Gasteiger partial charge in [0.25, 0.3) is 0 Å². The summed E-state index contributed by atoms with van der Waals surface area (Å²) >= 11 is 0. The third-order valence-electron chi connectivity index (χ3n) is 3.49. The fourth-order valence-electron chi connectivity index (χ4n) is 2.34. The minimum atomic E-state index is -0.392. The molecule has 2 N–H and O–H groups in total. The van der Waals surface area contributed by atoms with Crippen LogP contribution in [-0.4, -0.2) is 53.3 Å². The van der Waals surface area contributed by atoms with E-state index in [1.54, 1.807) is 11.8 Å². The van der Waals surface area contributed by atoms with Gasteiger partial charge in [0.15, 0.2) is 0 Å². The third-order valence-corrected chi connectivity index (χ3v) is 3.49. The molecule has 2 aliphatic heterocycles. The molecule has 2 saturated heterocycles. The summed E-state index contributed by atoms with van der Waals surface area (Å²) in [4.78, 5) is 26.9. The topological polar surface area (TPSA) is 66.6 Å². The maximum atomic E-state index is 12.1. The monoisotopic (exact) mass is 225 g/mol. The summed E-state index contributed by atoms with van der Waals surface area (Å²) in [5.41, 5.74) is 5.51. The minimum absolute atomic E-state index is 0.0694.